The van der Waals surface area contributed by atoms with E-state index < -0.39 is 0 Å². The predicted molar refractivity (Wildman–Crippen MR) is 85.8 cm³/mol. The van der Waals surface area contributed by atoms with Gasteiger partial charge in [-0.25, -0.2) is 0 Å². The number of halogens is 1. The Bertz CT molecular complexity index is 394. The van der Waals surface area contributed by atoms with Crippen molar-refractivity contribution in [2.45, 2.75) is 65.3 Å². The van der Waals surface area contributed by atoms with Crippen molar-refractivity contribution in [2.75, 3.05) is 5.33 Å². The van der Waals surface area contributed by atoms with Gasteiger partial charge in [-0.15, -0.1) is 0 Å². The Kier molecular flexibility index (Phi) is 3.72. The lowest BCUT2D eigenvalue weighted by atomic mass is 9.44. The molecule has 4 bridgehead atoms. The van der Waals surface area contributed by atoms with Crippen LogP contribution in [0.25, 0.3) is 0 Å². The second-order valence-electron chi connectivity index (χ2n) is 8.45. The topological polar surface area (TPSA) is 29.1 Å². The zero-order valence-electron chi connectivity index (χ0n) is 13.0. The highest BCUT2D eigenvalue weighted by Crippen LogP contribution is 2.65. The fourth-order valence-electron chi connectivity index (χ4n) is 5.62. The van der Waals surface area contributed by atoms with Crippen molar-refractivity contribution in [2.24, 2.45) is 28.6 Å². The zero-order chi connectivity index (χ0) is 14.5. The molecule has 4 aliphatic rings. The molecule has 4 fully saturated rings. The van der Waals surface area contributed by atoms with E-state index in [4.69, 9.17) is 0 Å². The highest BCUT2D eigenvalue weighted by molar-refractivity contribution is 9.09. The number of nitrogens with one attached hydrogen (secondary N) is 1. The van der Waals surface area contributed by atoms with Gasteiger partial charge in [0.05, 0.1) is 5.41 Å². The number of amides is 1. The molecule has 4 saturated carbocycles. The van der Waals surface area contributed by atoms with Gasteiger partial charge in [0.25, 0.3) is 0 Å². The Morgan fingerprint density at radius 1 is 1.25 bits per heavy atom. The maximum absolute atomic E-state index is 12.9. The average Bonchev–Trinajstić information content (AvgIpc) is 2.34. The molecule has 0 aromatic rings. The maximum Gasteiger partial charge on any atom is 0.226 e. The van der Waals surface area contributed by atoms with Gasteiger partial charge in [0.2, 0.25) is 5.91 Å². The monoisotopic (exact) mass is 341 g/mol. The van der Waals surface area contributed by atoms with Crippen molar-refractivity contribution < 1.29 is 4.79 Å². The number of alkyl halides is 1. The van der Waals surface area contributed by atoms with Gasteiger partial charge in [-0.05, 0) is 68.6 Å². The Labute approximate surface area is 131 Å². The second-order valence-corrected chi connectivity index (χ2v) is 9.09. The largest absolute Gasteiger partial charge is 0.353 e. The van der Waals surface area contributed by atoms with Gasteiger partial charge in [-0.3, -0.25) is 4.79 Å². The molecular weight excluding hydrogens is 314 g/mol. The van der Waals surface area contributed by atoms with E-state index in [0.717, 1.165) is 36.4 Å². The number of carbonyl (C=O) groups excluding carboxylic acids is 1. The van der Waals surface area contributed by atoms with Gasteiger partial charge in [0.1, 0.15) is 0 Å². The summed E-state index contributed by atoms with van der Waals surface area (Å²) < 4.78 is 0. The molecule has 4 aliphatic carbocycles. The molecule has 0 aliphatic heterocycles. The number of carbonyl (C=O) groups is 1. The zero-order valence-corrected chi connectivity index (χ0v) is 14.6. The molecule has 0 saturated heterocycles. The summed E-state index contributed by atoms with van der Waals surface area (Å²) in [5.41, 5.74) is 0.421. The normalized spacial score (nSPS) is 45.2. The third-order valence-corrected chi connectivity index (χ3v) is 7.31. The first kappa shape index (κ1) is 14.9. The highest BCUT2D eigenvalue weighted by Gasteiger charge is 2.58. The van der Waals surface area contributed by atoms with Crippen molar-refractivity contribution in [3.63, 3.8) is 0 Å². The quantitative estimate of drug-likeness (QED) is 0.765. The molecule has 0 heterocycles. The smallest absolute Gasteiger partial charge is 0.226 e. The van der Waals surface area contributed by atoms with Gasteiger partial charge in [0.15, 0.2) is 0 Å². The minimum absolute atomic E-state index is 0.0286. The van der Waals surface area contributed by atoms with Gasteiger partial charge < -0.3 is 5.32 Å². The predicted octanol–water partition coefficient (Wildman–Crippen LogP) is 4.13. The highest BCUT2D eigenvalue weighted by atomic mass is 79.9. The van der Waals surface area contributed by atoms with E-state index in [0.29, 0.717) is 17.2 Å². The first-order chi connectivity index (χ1) is 9.36. The Morgan fingerprint density at radius 3 is 2.35 bits per heavy atom. The summed E-state index contributed by atoms with van der Waals surface area (Å²) in [4.78, 5) is 12.9. The lowest BCUT2D eigenvalue weighted by Crippen LogP contribution is -2.58. The summed E-state index contributed by atoms with van der Waals surface area (Å²) in [5.74, 6) is 2.48. The molecule has 4 unspecified atom stereocenters. The van der Waals surface area contributed by atoms with Gasteiger partial charge >= 0.3 is 0 Å². The van der Waals surface area contributed by atoms with Crippen LogP contribution < -0.4 is 5.32 Å². The molecule has 3 heteroatoms. The van der Waals surface area contributed by atoms with E-state index in [-0.39, 0.29) is 11.5 Å². The molecule has 20 heavy (non-hydrogen) atoms. The molecule has 1 amide bonds. The van der Waals surface area contributed by atoms with Crippen LogP contribution in [0.1, 0.15) is 59.3 Å². The van der Waals surface area contributed by atoms with Crippen LogP contribution in [0, 0.1) is 28.6 Å². The van der Waals surface area contributed by atoms with Crippen LogP contribution in [-0.2, 0) is 4.79 Å². The molecule has 0 aromatic heterocycles. The number of hydrogen-bond acceptors (Lipinski definition) is 1. The van der Waals surface area contributed by atoms with Gasteiger partial charge in [0, 0.05) is 11.4 Å². The van der Waals surface area contributed by atoms with Crippen LogP contribution in [0.3, 0.4) is 0 Å². The van der Waals surface area contributed by atoms with E-state index in [1.807, 2.05) is 0 Å². The van der Waals surface area contributed by atoms with Gasteiger partial charge in [-0.1, -0.05) is 29.8 Å². The van der Waals surface area contributed by atoms with Gasteiger partial charge in [-0.2, -0.15) is 0 Å². The number of rotatable bonds is 4. The van der Waals surface area contributed by atoms with Crippen LogP contribution in [0.5, 0.6) is 0 Å². The molecular formula is C17H28BrNO. The molecule has 4 atom stereocenters. The standard InChI is InChI=1S/C17H28BrNO/c1-11(9-18)12(2)19-15(20)17-7-13-4-14(8-17)6-16(3,5-13)10-17/h11-14H,4-10H2,1-3H3,(H,19,20). The van der Waals surface area contributed by atoms with E-state index in [1.54, 1.807) is 0 Å². The summed E-state index contributed by atoms with van der Waals surface area (Å²) in [5, 5.41) is 4.28. The fourth-order valence-corrected chi connectivity index (χ4v) is 6.18. The van der Waals surface area contributed by atoms with Crippen LogP contribution in [-0.4, -0.2) is 17.3 Å². The van der Waals surface area contributed by atoms with Crippen LogP contribution in [0.15, 0.2) is 0 Å². The maximum atomic E-state index is 12.9. The second kappa shape index (κ2) is 5.00. The molecule has 0 spiro atoms. The van der Waals surface area contributed by atoms with Crippen molar-refractivity contribution in [3.8, 4) is 0 Å². The van der Waals surface area contributed by atoms with Crippen LogP contribution >= 0.6 is 15.9 Å². The Hall–Kier alpha value is -0.0500. The molecule has 2 nitrogen and oxygen atoms in total. The lowest BCUT2D eigenvalue weighted by Gasteiger charge is -2.60. The summed E-state index contributed by atoms with van der Waals surface area (Å²) in [7, 11) is 0. The van der Waals surface area contributed by atoms with E-state index in [2.05, 4.69) is 42.0 Å². The summed E-state index contributed by atoms with van der Waals surface area (Å²) in [6, 6.07) is 0.266. The summed E-state index contributed by atoms with van der Waals surface area (Å²) >= 11 is 3.53. The molecule has 0 radical (unpaired) electrons. The SMILES string of the molecule is CC(CBr)C(C)NC(=O)C12CC3CC(CC(C)(C3)C1)C2. The van der Waals surface area contributed by atoms with E-state index in [1.165, 1.54) is 19.3 Å². The minimum Gasteiger partial charge on any atom is -0.353 e. The van der Waals surface area contributed by atoms with Crippen molar-refractivity contribution in [1.29, 1.82) is 0 Å². The first-order valence-corrected chi connectivity index (χ1v) is 9.35. The first-order valence-electron chi connectivity index (χ1n) is 8.23. The molecule has 0 aromatic carbocycles. The average molecular weight is 342 g/mol. The lowest BCUT2D eigenvalue weighted by molar-refractivity contribution is -0.156. The Balaban J connectivity index is 1.74. The van der Waals surface area contributed by atoms with Crippen molar-refractivity contribution >= 4 is 21.8 Å². The van der Waals surface area contributed by atoms with E-state index >= 15 is 0 Å². The third-order valence-electron chi connectivity index (χ3n) is 6.29. The van der Waals surface area contributed by atoms with Crippen molar-refractivity contribution in [1.82, 2.24) is 5.32 Å². The summed E-state index contributed by atoms with van der Waals surface area (Å²) in [6.45, 7) is 6.77. The van der Waals surface area contributed by atoms with Crippen molar-refractivity contribution in [3.05, 3.63) is 0 Å². The van der Waals surface area contributed by atoms with Crippen LogP contribution in [0.4, 0.5) is 0 Å². The third kappa shape index (κ3) is 2.44. The van der Waals surface area contributed by atoms with Crippen LogP contribution in [0.2, 0.25) is 0 Å². The fraction of sp³-hybridized carbons (Fsp3) is 0.941. The molecule has 4 rings (SSSR count). The summed E-state index contributed by atoms with van der Waals surface area (Å²) in [6.07, 6.45) is 7.56. The molecule has 114 valence electrons. The van der Waals surface area contributed by atoms with E-state index in [9.17, 15) is 4.79 Å². The number of hydrogen-bond donors (Lipinski definition) is 1. The minimum atomic E-state index is -0.0286. The molecule has 1 N–H and O–H groups in total. The Morgan fingerprint density at radius 2 is 1.85 bits per heavy atom.